The van der Waals surface area contributed by atoms with Gasteiger partial charge in [-0.2, -0.15) is 0 Å². The molecule has 0 bridgehead atoms. The molecule has 2 heterocycles. The number of ether oxygens (including phenoxy) is 2. The van der Waals surface area contributed by atoms with Crippen LogP contribution in [0.15, 0.2) is 27.8 Å². The summed E-state index contributed by atoms with van der Waals surface area (Å²) in [5.74, 6) is -0.106. The van der Waals surface area contributed by atoms with Crippen LogP contribution in [-0.2, 0) is 9.47 Å². The lowest BCUT2D eigenvalue weighted by Gasteiger charge is -2.22. The third-order valence-electron chi connectivity index (χ3n) is 3.33. The zero-order valence-corrected chi connectivity index (χ0v) is 13.0. The van der Waals surface area contributed by atoms with Gasteiger partial charge < -0.3 is 18.8 Å². The van der Waals surface area contributed by atoms with Crippen molar-refractivity contribution in [3.05, 3.63) is 24.2 Å². The number of nitrogens with one attached hydrogen (secondary N) is 2. The van der Waals surface area contributed by atoms with Crippen molar-refractivity contribution in [1.29, 1.82) is 0 Å². The van der Waals surface area contributed by atoms with Crippen LogP contribution in [0, 0.1) is 0 Å². The summed E-state index contributed by atoms with van der Waals surface area (Å²) in [6.45, 7) is 7.62. The highest BCUT2D eigenvalue weighted by atomic mass is 16.5. The SMILES string of the molecule is CCCOC(=NCC[NH+]1CCOCC1)NC(=O)c1ccco1. The van der Waals surface area contributed by atoms with E-state index in [0.717, 1.165) is 39.3 Å². The standard InChI is InChI=1S/C15H23N3O4/c1-2-9-22-15(17-14(19)13-4-3-10-21-13)16-5-6-18-7-11-20-12-8-18/h3-4,10H,2,5-9,11-12H2,1H3,(H,16,17,19)/p+1. The molecule has 1 amide bonds. The van der Waals surface area contributed by atoms with Gasteiger partial charge >= 0.3 is 0 Å². The first kappa shape index (κ1) is 16.5. The summed E-state index contributed by atoms with van der Waals surface area (Å²) in [7, 11) is 0. The zero-order chi connectivity index (χ0) is 15.6. The van der Waals surface area contributed by atoms with Crippen molar-refractivity contribution in [1.82, 2.24) is 5.32 Å². The zero-order valence-electron chi connectivity index (χ0n) is 13.0. The maximum atomic E-state index is 12.0. The quantitative estimate of drug-likeness (QED) is 0.559. The Morgan fingerprint density at radius 2 is 2.27 bits per heavy atom. The van der Waals surface area contributed by atoms with Crippen molar-refractivity contribution in [2.24, 2.45) is 4.99 Å². The summed E-state index contributed by atoms with van der Waals surface area (Å²) in [5, 5.41) is 2.65. The molecule has 0 atom stereocenters. The van der Waals surface area contributed by atoms with Crippen molar-refractivity contribution in [3.63, 3.8) is 0 Å². The van der Waals surface area contributed by atoms with Crippen LogP contribution in [0.5, 0.6) is 0 Å². The molecule has 1 aliphatic rings. The Labute approximate surface area is 130 Å². The van der Waals surface area contributed by atoms with Gasteiger partial charge in [0.15, 0.2) is 5.76 Å². The summed E-state index contributed by atoms with van der Waals surface area (Å²) >= 11 is 0. The van der Waals surface area contributed by atoms with Gasteiger partial charge in [0, 0.05) is 0 Å². The Bertz CT molecular complexity index is 467. The van der Waals surface area contributed by atoms with E-state index in [9.17, 15) is 4.79 Å². The van der Waals surface area contributed by atoms with Crippen molar-refractivity contribution in [3.8, 4) is 0 Å². The molecule has 2 N–H and O–H groups in total. The van der Waals surface area contributed by atoms with Crippen molar-refractivity contribution in [2.75, 3.05) is 46.0 Å². The fourth-order valence-corrected chi connectivity index (χ4v) is 2.11. The van der Waals surface area contributed by atoms with Crippen LogP contribution in [0.3, 0.4) is 0 Å². The Hall–Kier alpha value is -1.86. The second-order valence-electron chi connectivity index (χ2n) is 5.08. The van der Waals surface area contributed by atoms with E-state index in [0.29, 0.717) is 13.2 Å². The van der Waals surface area contributed by atoms with Gasteiger partial charge in [0.05, 0.1) is 39.2 Å². The summed E-state index contributed by atoms with van der Waals surface area (Å²) < 4.78 is 15.9. The highest BCUT2D eigenvalue weighted by molar-refractivity contribution is 6.02. The molecule has 0 spiro atoms. The molecule has 22 heavy (non-hydrogen) atoms. The number of carbonyl (C=O) groups is 1. The Morgan fingerprint density at radius 3 is 2.95 bits per heavy atom. The van der Waals surface area contributed by atoms with E-state index in [2.05, 4.69) is 10.3 Å². The Kier molecular flexibility index (Phi) is 6.92. The molecule has 1 aromatic heterocycles. The topological polar surface area (TPSA) is 77.5 Å². The van der Waals surface area contributed by atoms with Crippen LogP contribution >= 0.6 is 0 Å². The number of quaternary nitrogens is 1. The second kappa shape index (κ2) is 9.22. The average molecular weight is 310 g/mol. The number of amides is 1. The number of furan rings is 1. The predicted molar refractivity (Wildman–Crippen MR) is 81.1 cm³/mol. The number of morpholine rings is 1. The normalized spacial score (nSPS) is 16.5. The molecular formula is C15H24N3O4+. The maximum Gasteiger partial charge on any atom is 0.294 e. The molecule has 0 aliphatic carbocycles. The van der Waals surface area contributed by atoms with Crippen LogP contribution in [-0.4, -0.2) is 57.9 Å². The van der Waals surface area contributed by atoms with Gasteiger partial charge in [-0.25, -0.2) is 4.99 Å². The first-order chi connectivity index (χ1) is 10.8. The average Bonchev–Trinajstić information content (AvgIpc) is 3.08. The van der Waals surface area contributed by atoms with Gasteiger partial charge in [-0.3, -0.25) is 10.1 Å². The molecule has 0 aromatic carbocycles. The molecular weight excluding hydrogens is 286 g/mol. The lowest BCUT2D eigenvalue weighted by molar-refractivity contribution is -0.906. The number of hydrogen-bond donors (Lipinski definition) is 2. The van der Waals surface area contributed by atoms with Crippen LogP contribution in [0.4, 0.5) is 0 Å². The van der Waals surface area contributed by atoms with E-state index in [1.165, 1.54) is 11.2 Å². The maximum absolute atomic E-state index is 12.0. The second-order valence-corrected chi connectivity index (χ2v) is 5.08. The highest BCUT2D eigenvalue weighted by Crippen LogP contribution is 1.99. The fourth-order valence-electron chi connectivity index (χ4n) is 2.11. The number of rotatable bonds is 6. The van der Waals surface area contributed by atoms with Crippen molar-refractivity contribution >= 4 is 11.9 Å². The van der Waals surface area contributed by atoms with Gasteiger partial charge in [0.25, 0.3) is 11.9 Å². The minimum atomic E-state index is -0.349. The smallest absolute Gasteiger partial charge is 0.294 e. The molecule has 122 valence electrons. The molecule has 1 fully saturated rings. The third kappa shape index (κ3) is 5.50. The summed E-state index contributed by atoms with van der Waals surface area (Å²) in [5.41, 5.74) is 0. The van der Waals surface area contributed by atoms with Crippen LogP contribution < -0.4 is 10.2 Å². The Balaban J connectivity index is 1.84. The van der Waals surface area contributed by atoms with Gasteiger partial charge in [-0.15, -0.1) is 0 Å². The molecule has 0 unspecified atom stereocenters. The van der Waals surface area contributed by atoms with Crippen LogP contribution in [0.25, 0.3) is 0 Å². The molecule has 1 aromatic rings. The van der Waals surface area contributed by atoms with E-state index in [4.69, 9.17) is 13.9 Å². The molecule has 1 saturated heterocycles. The fraction of sp³-hybridized carbons (Fsp3) is 0.600. The summed E-state index contributed by atoms with van der Waals surface area (Å²) in [6, 6.07) is 3.53. The minimum absolute atomic E-state index is 0.242. The van der Waals surface area contributed by atoms with E-state index < -0.39 is 0 Å². The molecule has 2 rings (SSSR count). The predicted octanol–water partition coefficient (Wildman–Crippen LogP) is -0.293. The van der Waals surface area contributed by atoms with Crippen molar-refractivity contribution < 1.29 is 23.6 Å². The van der Waals surface area contributed by atoms with Gasteiger partial charge in [0.2, 0.25) is 0 Å². The molecule has 0 radical (unpaired) electrons. The summed E-state index contributed by atoms with van der Waals surface area (Å²) in [6.07, 6.45) is 2.31. The van der Waals surface area contributed by atoms with Crippen LogP contribution in [0.1, 0.15) is 23.9 Å². The van der Waals surface area contributed by atoms with E-state index in [1.54, 1.807) is 12.1 Å². The Morgan fingerprint density at radius 1 is 1.45 bits per heavy atom. The molecule has 0 saturated carbocycles. The molecule has 7 heteroatoms. The van der Waals surface area contributed by atoms with Gasteiger partial charge in [-0.1, -0.05) is 6.92 Å². The summed E-state index contributed by atoms with van der Waals surface area (Å²) in [4.78, 5) is 17.8. The first-order valence-corrected chi connectivity index (χ1v) is 7.73. The third-order valence-corrected chi connectivity index (χ3v) is 3.33. The highest BCUT2D eigenvalue weighted by Gasteiger charge is 2.15. The van der Waals surface area contributed by atoms with Gasteiger partial charge in [0.1, 0.15) is 13.1 Å². The number of amidine groups is 1. The van der Waals surface area contributed by atoms with E-state index in [1.807, 2.05) is 6.92 Å². The monoisotopic (exact) mass is 310 g/mol. The molecule has 1 aliphatic heterocycles. The number of hydrogen-bond acceptors (Lipinski definition) is 5. The minimum Gasteiger partial charge on any atom is -0.465 e. The number of carbonyl (C=O) groups excluding carboxylic acids is 1. The van der Waals surface area contributed by atoms with Crippen molar-refractivity contribution in [2.45, 2.75) is 13.3 Å². The van der Waals surface area contributed by atoms with Crippen LogP contribution in [0.2, 0.25) is 0 Å². The largest absolute Gasteiger partial charge is 0.465 e. The number of aliphatic imine (C=N–C) groups is 1. The lowest BCUT2D eigenvalue weighted by Crippen LogP contribution is -3.14. The van der Waals surface area contributed by atoms with Gasteiger partial charge in [-0.05, 0) is 18.6 Å². The van der Waals surface area contributed by atoms with E-state index >= 15 is 0 Å². The van der Waals surface area contributed by atoms with E-state index in [-0.39, 0.29) is 17.7 Å². The number of nitrogens with zero attached hydrogens (tertiary/aromatic N) is 1. The first-order valence-electron chi connectivity index (χ1n) is 7.73. The lowest BCUT2D eigenvalue weighted by atomic mass is 10.4. The molecule has 7 nitrogen and oxygen atoms in total.